The molecule has 0 aromatic heterocycles. The summed E-state index contributed by atoms with van der Waals surface area (Å²) >= 11 is 0. The van der Waals surface area contributed by atoms with E-state index in [9.17, 15) is 13.2 Å². The fourth-order valence-corrected chi connectivity index (χ4v) is 5.99. The van der Waals surface area contributed by atoms with Gasteiger partial charge in [-0.05, 0) is 63.3 Å². The molecule has 1 N–H and O–H groups in total. The average molecular weight is 392 g/mol. The van der Waals surface area contributed by atoms with Gasteiger partial charge >= 0.3 is 0 Å². The SMILES string of the molecule is CC1CCCCN1S(=O)(=O)c1ccc(C(=O)NC2CCN(C3CC3)C2)cc1. The molecule has 0 radical (unpaired) electrons. The van der Waals surface area contributed by atoms with Crippen LogP contribution >= 0.6 is 0 Å². The Bertz CT molecular complexity index is 789. The average Bonchev–Trinajstić information content (AvgIpc) is 3.41. The molecule has 0 spiro atoms. The van der Waals surface area contributed by atoms with Crippen LogP contribution in [0.4, 0.5) is 0 Å². The van der Waals surface area contributed by atoms with Crippen LogP contribution in [0.15, 0.2) is 29.2 Å². The zero-order valence-corrected chi connectivity index (χ0v) is 16.7. The van der Waals surface area contributed by atoms with E-state index >= 15 is 0 Å². The van der Waals surface area contributed by atoms with E-state index in [1.54, 1.807) is 28.6 Å². The van der Waals surface area contributed by atoms with Crippen LogP contribution in [0.25, 0.3) is 0 Å². The zero-order chi connectivity index (χ0) is 19.0. The number of likely N-dealkylation sites (tertiary alicyclic amines) is 1. The largest absolute Gasteiger partial charge is 0.348 e. The van der Waals surface area contributed by atoms with E-state index in [1.165, 1.54) is 12.8 Å². The monoisotopic (exact) mass is 391 g/mol. The number of hydrogen-bond acceptors (Lipinski definition) is 4. The number of carbonyl (C=O) groups is 1. The third-order valence-electron chi connectivity index (χ3n) is 6.08. The van der Waals surface area contributed by atoms with Gasteiger partial charge in [0.15, 0.2) is 0 Å². The van der Waals surface area contributed by atoms with Gasteiger partial charge in [-0.1, -0.05) is 6.42 Å². The predicted molar refractivity (Wildman–Crippen MR) is 104 cm³/mol. The Kier molecular flexibility index (Phi) is 5.27. The van der Waals surface area contributed by atoms with E-state index in [1.807, 2.05) is 6.92 Å². The molecule has 2 aliphatic heterocycles. The zero-order valence-electron chi connectivity index (χ0n) is 15.9. The van der Waals surface area contributed by atoms with Crippen molar-refractivity contribution in [3.05, 3.63) is 29.8 Å². The number of nitrogens with zero attached hydrogens (tertiary/aromatic N) is 2. The first-order chi connectivity index (χ1) is 12.9. The van der Waals surface area contributed by atoms with Crippen molar-refractivity contribution < 1.29 is 13.2 Å². The van der Waals surface area contributed by atoms with Crippen molar-refractivity contribution in [2.75, 3.05) is 19.6 Å². The van der Waals surface area contributed by atoms with Crippen LogP contribution in [0.2, 0.25) is 0 Å². The summed E-state index contributed by atoms with van der Waals surface area (Å²) < 4.78 is 27.4. The molecule has 27 heavy (non-hydrogen) atoms. The maximum Gasteiger partial charge on any atom is 0.251 e. The van der Waals surface area contributed by atoms with Crippen molar-refractivity contribution in [1.29, 1.82) is 0 Å². The van der Waals surface area contributed by atoms with Gasteiger partial charge in [0.2, 0.25) is 10.0 Å². The number of rotatable bonds is 5. The van der Waals surface area contributed by atoms with Gasteiger partial charge in [-0.2, -0.15) is 4.31 Å². The topological polar surface area (TPSA) is 69.7 Å². The highest BCUT2D eigenvalue weighted by Gasteiger charge is 2.35. The maximum atomic E-state index is 12.9. The summed E-state index contributed by atoms with van der Waals surface area (Å²) in [6.45, 7) is 4.52. The maximum absolute atomic E-state index is 12.9. The highest BCUT2D eigenvalue weighted by molar-refractivity contribution is 7.89. The minimum atomic E-state index is -3.49. The summed E-state index contributed by atoms with van der Waals surface area (Å²) in [6, 6.07) is 7.34. The summed E-state index contributed by atoms with van der Waals surface area (Å²) in [6.07, 6.45) is 6.44. The number of hydrogen-bond donors (Lipinski definition) is 1. The van der Waals surface area contributed by atoms with Crippen molar-refractivity contribution in [1.82, 2.24) is 14.5 Å². The van der Waals surface area contributed by atoms with Crippen molar-refractivity contribution in [3.63, 3.8) is 0 Å². The Balaban J connectivity index is 1.40. The molecule has 2 unspecified atom stereocenters. The van der Waals surface area contributed by atoms with Crippen molar-refractivity contribution in [2.45, 2.75) is 68.5 Å². The Morgan fingerprint density at radius 3 is 2.44 bits per heavy atom. The minimum absolute atomic E-state index is 0.0310. The molecule has 3 fully saturated rings. The van der Waals surface area contributed by atoms with E-state index in [4.69, 9.17) is 0 Å². The molecule has 148 valence electrons. The first-order valence-electron chi connectivity index (χ1n) is 10.1. The molecule has 6 nitrogen and oxygen atoms in total. The van der Waals surface area contributed by atoms with E-state index in [-0.39, 0.29) is 22.9 Å². The summed E-state index contributed by atoms with van der Waals surface area (Å²) in [7, 11) is -3.49. The molecule has 4 rings (SSSR count). The van der Waals surface area contributed by atoms with Gasteiger partial charge in [-0.3, -0.25) is 9.69 Å². The summed E-state index contributed by atoms with van der Waals surface area (Å²) in [4.78, 5) is 15.2. The van der Waals surface area contributed by atoms with E-state index in [0.29, 0.717) is 12.1 Å². The van der Waals surface area contributed by atoms with Crippen LogP contribution in [0.1, 0.15) is 55.8 Å². The molecule has 1 amide bonds. The van der Waals surface area contributed by atoms with Crippen molar-refractivity contribution in [2.24, 2.45) is 0 Å². The van der Waals surface area contributed by atoms with E-state index < -0.39 is 10.0 Å². The lowest BCUT2D eigenvalue weighted by Gasteiger charge is -2.32. The highest BCUT2D eigenvalue weighted by atomic mass is 32.2. The molecular weight excluding hydrogens is 362 g/mol. The lowest BCUT2D eigenvalue weighted by molar-refractivity contribution is 0.0937. The normalized spacial score (nSPS) is 27.6. The van der Waals surface area contributed by atoms with E-state index in [0.717, 1.165) is 44.8 Å². The molecule has 1 aromatic carbocycles. The van der Waals surface area contributed by atoms with Crippen LogP contribution in [0.5, 0.6) is 0 Å². The lowest BCUT2D eigenvalue weighted by Crippen LogP contribution is -2.41. The fourth-order valence-electron chi connectivity index (χ4n) is 4.29. The Morgan fingerprint density at radius 2 is 1.78 bits per heavy atom. The van der Waals surface area contributed by atoms with Gasteiger partial charge in [0.1, 0.15) is 0 Å². The van der Waals surface area contributed by atoms with Crippen molar-refractivity contribution in [3.8, 4) is 0 Å². The second kappa shape index (κ2) is 7.53. The molecule has 1 aliphatic carbocycles. The van der Waals surface area contributed by atoms with Gasteiger partial charge < -0.3 is 5.32 Å². The predicted octanol–water partition coefficient (Wildman–Crippen LogP) is 2.22. The third kappa shape index (κ3) is 4.05. The molecule has 2 saturated heterocycles. The first kappa shape index (κ1) is 18.9. The lowest BCUT2D eigenvalue weighted by atomic mass is 10.1. The number of nitrogens with one attached hydrogen (secondary N) is 1. The van der Waals surface area contributed by atoms with Gasteiger partial charge in [0, 0.05) is 43.3 Å². The van der Waals surface area contributed by atoms with Gasteiger partial charge in [-0.25, -0.2) is 8.42 Å². The second-order valence-corrected chi connectivity index (χ2v) is 10.1. The Morgan fingerprint density at radius 1 is 1.04 bits per heavy atom. The molecular formula is C20H29N3O3S. The van der Waals surface area contributed by atoms with Crippen LogP contribution in [0.3, 0.4) is 0 Å². The summed E-state index contributed by atoms with van der Waals surface area (Å²) in [5, 5.41) is 3.10. The molecule has 2 atom stereocenters. The quantitative estimate of drug-likeness (QED) is 0.836. The van der Waals surface area contributed by atoms with Crippen molar-refractivity contribution >= 4 is 15.9 Å². The number of piperidine rings is 1. The van der Waals surface area contributed by atoms with Gasteiger partial charge in [0.05, 0.1) is 4.90 Å². The number of sulfonamides is 1. The molecule has 0 bridgehead atoms. The number of benzene rings is 1. The summed E-state index contributed by atoms with van der Waals surface area (Å²) in [5.41, 5.74) is 0.519. The molecule has 1 saturated carbocycles. The number of carbonyl (C=O) groups excluding carboxylic acids is 1. The van der Waals surface area contributed by atoms with Gasteiger partial charge in [0.25, 0.3) is 5.91 Å². The van der Waals surface area contributed by atoms with Crippen LogP contribution in [0, 0.1) is 0 Å². The minimum Gasteiger partial charge on any atom is -0.348 e. The second-order valence-electron chi connectivity index (χ2n) is 8.17. The smallest absolute Gasteiger partial charge is 0.251 e. The van der Waals surface area contributed by atoms with Gasteiger partial charge in [-0.15, -0.1) is 0 Å². The molecule has 1 aromatic rings. The van der Waals surface area contributed by atoms with E-state index in [2.05, 4.69) is 10.2 Å². The molecule has 3 aliphatic rings. The first-order valence-corrected chi connectivity index (χ1v) is 11.6. The van der Waals surface area contributed by atoms with Crippen LogP contribution in [-0.2, 0) is 10.0 Å². The summed E-state index contributed by atoms with van der Waals surface area (Å²) in [5.74, 6) is -0.118. The highest BCUT2D eigenvalue weighted by Crippen LogP contribution is 2.30. The van der Waals surface area contributed by atoms with Crippen LogP contribution in [-0.4, -0.2) is 61.3 Å². The standard InChI is InChI=1S/C20H29N3O3S/c1-15-4-2-3-12-23(15)27(25,26)19-9-5-16(6-10-19)20(24)21-17-11-13-22(14-17)18-7-8-18/h5-6,9-10,15,17-18H,2-4,7-8,11-14H2,1H3,(H,21,24). The molecule has 2 heterocycles. The molecule has 7 heteroatoms. The Labute approximate surface area is 162 Å². The Hall–Kier alpha value is -1.44. The number of amides is 1. The fraction of sp³-hybridized carbons (Fsp3) is 0.650. The third-order valence-corrected chi connectivity index (χ3v) is 8.11. The van der Waals surface area contributed by atoms with Crippen LogP contribution < -0.4 is 5.32 Å².